The number of fused-ring (bicyclic) bond motifs is 1. The monoisotopic (exact) mass is 452 g/mol. The third-order valence-electron chi connectivity index (χ3n) is 5.83. The van der Waals surface area contributed by atoms with E-state index in [4.69, 9.17) is 21.1 Å². The van der Waals surface area contributed by atoms with Gasteiger partial charge in [-0.25, -0.2) is 9.48 Å². The summed E-state index contributed by atoms with van der Waals surface area (Å²) in [6.07, 6.45) is 0. The van der Waals surface area contributed by atoms with Crippen LogP contribution in [0, 0.1) is 6.92 Å². The van der Waals surface area contributed by atoms with Crippen molar-refractivity contribution >= 4 is 23.5 Å². The average molecular weight is 453 g/mol. The number of benzene rings is 2. The van der Waals surface area contributed by atoms with Crippen molar-refractivity contribution in [3.05, 3.63) is 70.5 Å². The first kappa shape index (κ1) is 20.4. The van der Waals surface area contributed by atoms with Gasteiger partial charge in [-0.15, -0.1) is 0 Å². The van der Waals surface area contributed by atoms with Gasteiger partial charge < -0.3 is 14.8 Å². The Kier molecular flexibility index (Phi) is 4.82. The van der Waals surface area contributed by atoms with Crippen molar-refractivity contribution in [3.63, 3.8) is 0 Å². The molecule has 0 aliphatic carbocycles. The molecular formula is C23H21ClN4O4. The van der Waals surface area contributed by atoms with E-state index in [0.29, 0.717) is 46.7 Å². The Labute approximate surface area is 189 Å². The molecule has 1 aromatic heterocycles. The lowest BCUT2D eigenvalue weighted by molar-refractivity contribution is -0.131. The van der Waals surface area contributed by atoms with Crippen LogP contribution in [-0.2, 0) is 16.9 Å². The Morgan fingerprint density at radius 3 is 2.56 bits per heavy atom. The summed E-state index contributed by atoms with van der Waals surface area (Å²) < 4.78 is 12.8. The van der Waals surface area contributed by atoms with Gasteiger partial charge in [-0.3, -0.25) is 9.69 Å². The lowest BCUT2D eigenvalue weighted by Gasteiger charge is -2.25. The minimum atomic E-state index is -1.23. The molecule has 1 atom stereocenters. The summed E-state index contributed by atoms with van der Waals surface area (Å²) in [5.41, 5.74) is 1.44. The molecular weight excluding hydrogens is 432 g/mol. The number of aryl methyl sites for hydroxylation is 1. The van der Waals surface area contributed by atoms with E-state index in [1.165, 1.54) is 4.90 Å². The molecule has 1 fully saturated rings. The zero-order chi connectivity index (χ0) is 22.5. The van der Waals surface area contributed by atoms with Gasteiger partial charge in [0.15, 0.2) is 11.5 Å². The Morgan fingerprint density at radius 1 is 1.09 bits per heavy atom. The molecule has 1 N–H and O–H groups in total. The molecule has 8 nitrogen and oxygen atoms in total. The topological polar surface area (TPSA) is 85.7 Å². The van der Waals surface area contributed by atoms with Crippen molar-refractivity contribution in [1.82, 2.24) is 20.0 Å². The average Bonchev–Trinajstić information content (AvgIpc) is 3.21. The molecule has 0 saturated carbocycles. The van der Waals surface area contributed by atoms with Crippen LogP contribution in [0.1, 0.15) is 23.7 Å². The van der Waals surface area contributed by atoms with E-state index in [9.17, 15) is 9.59 Å². The zero-order valence-electron chi connectivity index (χ0n) is 17.6. The molecule has 2 aliphatic heterocycles. The van der Waals surface area contributed by atoms with Gasteiger partial charge in [-0.2, -0.15) is 5.10 Å². The van der Waals surface area contributed by atoms with Crippen LogP contribution in [0.2, 0.25) is 5.15 Å². The van der Waals surface area contributed by atoms with E-state index in [1.54, 1.807) is 36.7 Å². The maximum atomic E-state index is 13.4. The number of urea groups is 1. The second kappa shape index (κ2) is 7.56. The van der Waals surface area contributed by atoms with Gasteiger partial charge in [-0.05, 0) is 43.7 Å². The van der Waals surface area contributed by atoms with Crippen molar-refractivity contribution < 1.29 is 19.1 Å². The summed E-state index contributed by atoms with van der Waals surface area (Å²) >= 11 is 6.61. The van der Waals surface area contributed by atoms with Crippen LogP contribution in [0.15, 0.2) is 48.5 Å². The van der Waals surface area contributed by atoms with Crippen LogP contribution in [0.4, 0.5) is 4.79 Å². The predicted molar refractivity (Wildman–Crippen MR) is 117 cm³/mol. The highest BCUT2D eigenvalue weighted by Gasteiger charge is 2.49. The van der Waals surface area contributed by atoms with Gasteiger partial charge in [0.05, 0.1) is 17.9 Å². The molecule has 164 valence electrons. The molecule has 2 aliphatic rings. The second-order valence-corrected chi connectivity index (χ2v) is 8.27. The van der Waals surface area contributed by atoms with Gasteiger partial charge >= 0.3 is 6.03 Å². The highest BCUT2D eigenvalue weighted by Crippen LogP contribution is 2.37. The largest absolute Gasteiger partial charge is 0.486 e. The molecule has 5 rings (SSSR count). The molecule has 1 saturated heterocycles. The number of carbonyl (C=O) groups excluding carboxylic acids is 2. The van der Waals surface area contributed by atoms with Crippen molar-refractivity contribution in [2.24, 2.45) is 0 Å². The quantitative estimate of drug-likeness (QED) is 0.611. The summed E-state index contributed by atoms with van der Waals surface area (Å²) in [6.45, 7) is 4.41. The number of amides is 3. The molecule has 2 aromatic carbocycles. The van der Waals surface area contributed by atoms with Gasteiger partial charge in [-0.1, -0.05) is 35.9 Å². The maximum Gasteiger partial charge on any atom is 0.325 e. The number of nitrogens with zero attached hydrogens (tertiary/aromatic N) is 3. The molecule has 3 heterocycles. The number of aromatic nitrogens is 2. The molecule has 9 heteroatoms. The molecule has 0 bridgehead atoms. The summed E-state index contributed by atoms with van der Waals surface area (Å²) in [5.74, 6) is 0.800. The van der Waals surface area contributed by atoms with Crippen LogP contribution in [-0.4, -0.2) is 39.8 Å². The maximum absolute atomic E-state index is 13.4. The second-order valence-electron chi connectivity index (χ2n) is 7.91. The number of imide groups is 1. The molecule has 32 heavy (non-hydrogen) atoms. The van der Waals surface area contributed by atoms with Gasteiger partial charge in [0.1, 0.15) is 23.9 Å². The Balaban J connectivity index is 1.45. The van der Waals surface area contributed by atoms with Crippen molar-refractivity contribution in [1.29, 1.82) is 0 Å². The number of ether oxygens (including phenoxy) is 2. The highest BCUT2D eigenvalue weighted by molar-refractivity contribution is 6.30. The lowest BCUT2D eigenvalue weighted by Crippen LogP contribution is -2.41. The molecule has 0 spiro atoms. The fourth-order valence-electron chi connectivity index (χ4n) is 4.00. The van der Waals surface area contributed by atoms with Crippen molar-refractivity contribution in [3.8, 4) is 17.2 Å². The Morgan fingerprint density at radius 2 is 1.81 bits per heavy atom. The number of para-hydroxylation sites is 1. The highest BCUT2D eigenvalue weighted by atomic mass is 35.5. The van der Waals surface area contributed by atoms with E-state index in [2.05, 4.69) is 10.4 Å². The Hall–Kier alpha value is -3.52. The van der Waals surface area contributed by atoms with E-state index >= 15 is 0 Å². The van der Waals surface area contributed by atoms with Crippen LogP contribution >= 0.6 is 11.6 Å². The van der Waals surface area contributed by atoms with E-state index in [-0.39, 0.29) is 12.5 Å². The van der Waals surface area contributed by atoms with Crippen LogP contribution in [0.5, 0.6) is 11.5 Å². The summed E-state index contributed by atoms with van der Waals surface area (Å²) in [5, 5.41) is 7.68. The third kappa shape index (κ3) is 3.18. The number of nitrogens with one attached hydrogen (secondary N) is 1. The van der Waals surface area contributed by atoms with Crippen molar-refractivity contribution in [2.75, 3.05) is 13.2 Å². The van der Waals surface area contributed by atoms with E-state index in [1.807, 2.05) is 30.3 Å². The van der Waals surface area contributed by atoms with Gasteiger partial charge in [0, 0.05) is 5.56 Å². The number of halogens is 1. The number of hydrogen-bond acceptors (Lipinski definition) is 5. The number of hydrogen-bond donors (Lipinski definition) is 1. The third-order valence-corrected chi connectivity index (χ3v) is 6.22. The first-order valence-corrected chi connectivity index (χ1v) is 10.6. The molecule has 3 amide bonds. The van der Waals surface area contributed by atoms with E-state index in [0.717, 1.165) is 5.69 Å². The van der Waals surface area contributed by atoms with Gasteiger partial charge in [0.25, 0.3) is 5.91 Å². The fraction of sp³-hybridized carbons (Fsp3) is 0.261. The summed E-state index contributed by atoms with van der Waals surface area (Å²) in [7, 11) is 0. The SMILES string of the molecule is Cc1nn(-c2ccccc2)c(Cl)c1CN1C(=O)NC(C)(c2ccc3c(c2)OCCO3)C1=O. The first-order chi connectivity index (χ1) is 15.4. The van der Waals surface area contributed by atoms with Crippen molar-refractivity contribution in [2.45, 2.75) is 25.9 Å². The number of carbonyl (C=O) groups is 2. The molecule has 0 radical (unpaired) electrons. The standard InChI is InChI=1S/C23H21ClN4O4/c1-14-17(20(24)28(26-14)16-6-4-3-5-7-16)13-27-21(29)23(2,25-22(27)30)15-8-9-18-19(12-15)32-11-10-31-18/h3-9,12H,10-11,13H2,1-2H3,(H,25,30). The van der Waals surface area contributed by atoms with Gasteiger partial charge in [0.2, 0.25) is 0 Å². The summed E-state index contributed by atoms with van der Waals surface area (Å²) in [4.78, 5) is 27.4. The minimum Gasteiger partial charge on any atom is -0.486 e. The smallest absolute Gasteiger partial charge is 0.325 e. The molecule has 1 unspecified atom stereocenters. The van der Waals surface area contributed by atoms with Crippen LogP contribution in [0.25, 0.3) is 5.69 Å². The first-order valence-electron chi connectivity index (χ1n) is 10.2. The number of rotatable bonds is 4. The fourth-order valence-corrected chi connectivity index (χ4v) is 4.33. The zero-order valence-corrected chi connectivity index (χ0v) is 18.3. The Bertz CT molecular complexity index is 1230. The molecule has 3 aromatic rings. The normalized spacial score (nSPS) is 19.9. The van der Waals surface area contributed by atoms with Crippen LogP contribution in [0.3, 0.4) is 0 Å². The van der Waals surface area contributed by atoms with Crippen LogP contribution < -0.4 is 14.8 Å². The predicted octanol–water partition coefficient (Wildman–Crippen LogP) is 3.57. The lowest BCUT2D eigenvalue weighted by atomic mass is 9.91. The summed E-state index contributed by atoms with van der Waals surface area (Å²) in [6, 6.07) is 14.2. The van der Waals surface area contributed by atoms with E-state index < -0.39 is 11.6 Å². The minimum absolute atomic E-state index is 0.0162.